The Kier molecular flexibility index (Phi) is 4.89. The van der Waals surface area contributed by atoms with Crippen LogP contribution in [0.5, 0.6) is 0 Å². The number of hydrogen-bond acceptors (Lipinski definition) is 5. The van der Waals surface area contributed by atoms with E-state index in [1.54, 1.807) is 0 Å². The fraction of sp³-hybridized carbons (Fsp3) is 0.105. The molecule has 126 valence electrons. The quantitative estimate of drug-likeness (QED) is 0.516. The second-order valence-corrected chi connectivity index (χ2v) is 5.22. The SMILES string of the molecule is COC(=O)C(OCc1ccccc1)=C1N=C(c2ccccc2)NC1=O. The molecule has 1 aliphatic rings. The molecular weight excluding hydrogens is 320 g/mol. The van der Waals surface area contributed by atoms with E-state index in [0.717, 1.165) is 11.1 Å². The number of rotatable bonds is 5. The number of hydrogen-bond donors (Lipinski definition) is 1. The molecular formula is C19H16N2O4. The van der Waals surface area contributed by atoms with Crippen LogP contribution in [-0.2, 0) is 25.7 Å². The molecule has 0 saturated carbocycles. The van der Waals surface area contributed by atoms with E-state index in [4.69, 9.17) is 9.47 Å². The largest absolute Gasteiger partial charge is 0.480 e. The van der Waals surface area contributed by atoms with Crippen LogP contribution in [0.25, 0.3) is 0 Å². The van der Waals surface area contributed by atoms with Crippen molar-refractivity contribution in [1.82, 2.24) is 5.32 Å². The van der Waals surface area contributed by atoms with E-state index < -0.39 is 11.9 Å². The first kappa shape index (κ1) is 16.4. The molecule has 0 fully saturated rings. The Balaban J connectivity index is 1.91. The van der Waals surface area contributed by atoms with E-state index in [2.05, 4.69) is 10.3 Å². The van der Waals surface area contributed by atoms with Crippen molar-refractivity contribution < 1.29 is 19.1 Å². The van der Waals surface area contributed by atoms with Gasteiger partial charge in [0.1, 0.15) is 12.4 Å². The van der Waals surface area contributed by atoms with Gasteiger partial charge in [-0.05, 0) is 5.56 Å². The van der Waals surface area contributed by atoms with Crippen LogP contribution >= 0.6 is 0 Å². The summed E-state index contributed by atoms with van der Waals surface area (Å²) in [7, 11) is 1.23. The number of amides is 1. The smallest absolute Gasteiger partial charge is 0.375 e. The Morgan fingerprint density at radius 2 is 1.68 bits per heavy atom. The number of benzene rings is 2. The molecule has 1 amide bonds. The standard InChI is InChI=1S/C19H16N2O4/c1-24-19(23)16(25-12-13-8-4-2-5-9-13)15-18(22)21-17(20-15)14-10-6-3-7-11-14/h2-11H,12H2,1H3,(H,20,21,22). The molecule has 1 aliphatic heterocycles. The Bertz CT molecular complexity index is 842. The highest BCUT2D eigenvalue weighted by molar-refractivity contribution is 6.20. The van der Waals surface area contributed by atoms with Crippen LogP contribution in [0.2, 0.25) is 0 Å². The summed E-state index contributed by atoms with van der Waals surface area (Å²) in [6, 6.07) is 18.5. The summed E-state index contributed by atoms with van der Waals surface area (Å²) in [4.78, 5) is 28.5. The Morgan fingerprint density at radius 1 is 1.04 bits per heavy atom. The first-order chi connectivity index (χ1) is 12.2. The zero-order chi connectivity index (χ0) is 17.6. The number of ether oxygens (including phenoxy) is 2. The van der Waals surface area contributed by atoms with Crippen LogP contribution in [0.15, 0.2) is 77.1 Å². The van der Waals surface area contributed by atoms with Gasteiger partial charge in [-0.2, -0.15) is 0 Å². The molecule has 3 rings (SSSR count). The van der Waals surface area contributed by atoms with E-state index >= 15 is 0 Å². The Labute approximate surface area is 144 Å². The van der Waals surface area contributed by atoms with E-state index in [1.807, 2.05) is 60.7 Å². The van der Waals surface area contributed by atoms with Crippen LogP contribution in [0, 0.1) is 0 Å². The maximum absolute atomic E-state index is 12.3. The van der Waals surface area contributed by atoms with Gasteiger partial charge in [-0.3, -0.25) is 4.79 Å². The van der Waals surface area contributed by atoms with Gasteiger partial charge in [0, 0.05) is 5.56 Å². The summed E-state index contributed by atoms with van der Waals surface area (Å²) in [5.41, 5.74) is 1.50. The van der Waals surface area contributed by atoms with Crippen molar-refractivity contribution in [2.75, 3.05) is 7.11 Å². The number of carbonyl (C=O) groups is 2. The highest BCUT2D eigenvalue weighted by atomic mass is 16.6. The lowest BCUT2D eigenvalue weighted by Gasteiger charge is -2.09. The lowest BCUT2D eigenvalue weighted by molar-refractivity contribution is -0.141. The lowest BCUT2D eigenvalue weighted by atomic mass is 10.2. The summed E-state index contributed by atoms with van der Waals surface area (Å²) >= 11 is 0. The molecule has 2 aromatic rings. The van der Waals surface area contributed by atoms with E-state index in [-0.39, 0.29) is 18.1 Å². The summed E-state index contributed by atoms with van der Waals surface area (Å²) in [6.07, 6.45) is 0. The monoisotopic (exact) mass is 336 g/mol. The van der Waals surface area contributed by atoms with Gasteiger partial charge in [0.15, 0.2) is 5.70 Å². The zero-order valence-corrected chi connectivity index (χ0v) is 13.6. The summed E-state index contributed by atoms with van der Waals surface area (Å²) < 4.78 is 10.3. The molecule has 1 N–H and O–H groups in total. The van der Waals surface area contributed by atoms with E-state index in [1.165, 1.54) is 7.11 Å². The summed E-state index contributed by atoms with van der Waals surface area (Å²) in [5.74, 6) is -1.11. The van der Waals surface area contributed by atoms with Crippen molar-refractivity contribution in [3.8, 4) is 0 Å². The van der Waals surface area contributed by atoms with Crippen molar-refractivity contribution in [1.29, 1.82) is 0 Å². The average molecular weight is 336 g/mol. The number of aliphatic imine (C=N–C) groups is 1. The first-order valence-corrected chi connectivity index (χ1v) is 7.64. The maximum atomic E-state index is 12.3. The van der Waals surface area contributed by atoms with Crippen LogP contribution in [0.1, 0.15) is 11.1 Å². The van der Waals surface area contributed by atoms with Crippen molar-refractivity contribution in [3.05, 3.63) is 83.2 Å². The Morgan fingerprint density at radius 3 is 2.32 bits per heavy atom. The molecule has 0 spiro atoms. The second-order valence-electron chi connectivity index (χ2n) is 5.22. The van der Waals surface area contributed by atoms with Crippen LogP contribution in [0.3, 0.4) is 0 Å². The van der Waals surface area contributed by atoms with Gasteiger partial charge >= 0.3 is 5.97 Å². The van der Waals surface area contributed by atoms with E-state index in [0.29, 0.717) is 5.84 Å². The summed E-state index contributed by atoms with van der Waals surface area (Å²) in [6.45, 7) is 0.123. The van der Waals surface area contributed by atoms with Crippen LogP contribution in [0.4, 0.5) is 0 Å². The molecule has 0 unspecified atom stereocenters. The highest BCUT2D eigenvalue weighted by Gasteiger charge is 2.30. The third kappa shape index (κ3) is 3.74. The molecule has 6 heteroatoms. The topological polar surface area (TPSA) is 77.0 Å². The molecule has 6 nitrogen and oxygen atoms in total. The molecule has 0 atom stereocenters. The van der Waals surface area contributed by atoms with Gasteiger partial charge in [-0.15, -0.1) is 0 Å². The molecule has 0 radical (unpaired) electrons. The van der Waals surface area contributed by atoms with Crippen molar-refractivity contribution in [3.63, 3.8) is 0 Å². The van der Waals surface area contributed by atoms with Crippen molar-refractivity contribution in [2.45, 2.75) is 6.61 Å². The lowest BCUT2D eigenvalue weighted by Crippen LogP contribution is -2.25. The molecule has 0 aromatic heterocycles. The fourth-order valence-electron chi connectivity index (χ4n) is 2.29. The molecule has 25 heavy (non-hydrogen) atoms. The summed E-state index contributed by atoms with van der Waals surface area (Å²) in [5, 5.41) is 2.64. The minimum Gasteiger partial charge on any atom is -0.480 e. The van der Waals surface area contributed by atoms with Gasteiger partial charge in [0.2, 0.25) is 5.76 Å². The number of carbonyl (C=O) groups excluding carboxylic acids is 2. The minimum atomic E-state index is -0.751. The second kappa shape index (κ2) is 7.44. The number of esters is 1. The van der Waals surface area contributed by atoms with Gasteiger partial charge in [0.25, 0.3) is 5.91 Å². The molecule has 1 heterocycles. The minimum absolute atomic E-state index is 0.0957. The molecule has 0 aliphatic carbocycles. The fourth-order valence-corrected chi connectivity index (χ4v) is 2.29. The number of nitrogens with one attached hydrogen (secondary N) is 1. The zero-order valence-electron chi connectivity index (χ0n) is 13.6. The maximum Gasteiger partial charge on any atom is 0.375 e. The third-order valence-electron chi connectivity index (χ3n) is 3.53. The molecule has 0 saturated heterocycles. The van der Waals surface area contributed by atoms with Crippen LogP contribution < -0.4 is 5.32 Å². The normalized spacial score (nSPS) is 15.2. The van der Waals surface area contributed by atoms with Crippen molar-refractivity contribution >= 4 is 17.7 Å². The molecule has 2 aromatic carbocycles. The van der Waals surface area contributed by atoms with Gasteiger partial charge in [-0.1, -0.05) is 60.7 Å². The van der Waals surface area contributed by atoms with E-state index in [9.17, 15) is 9.59 Å². The number of methoxy groups -OCH3 is 1. The highest BCUT2D eigenvalue weighted by Crippen LogP contribution is 2.18. The van der Waals surface area contributed by atoms with Crippen LogP contribution in [-0.4, -0.2) is 24.8 Å². The molecule has 0 bridgehead atoms. The number of amidine groups is 1. The van der Waals surface area contributed by atoms with Gasteiger partial charge < -0.3 is 14.8 Å². The van der Waals surface area contributed by atoms with Gasteiger partial charge in [-0.25, -0.2) is 9.79 Å². The third-order valence-corrected chi connectivity index (χ3v) is 3.53. The first-order valence-electron chi connectivity index (χ1n) is 7.64. The number of nitrogens with zero attached hydrogens (tertiary/aromatic N) is 1. The predicted octanol–water partition coefficient (Wildman–Crippen LogP) is 2.16. The van der Waals surface area contributed by atoms with Crippen molar-refractivity contribution in [2.24, 2.45) is 4.99 Å². The average Bonchev–Trinajstić information content (AvgIpc) is 3.05. The predicted molar refractivity (Wildman–Crippen MR) is 91.4 cm³/mol. The Hall–Kier alpha value is -3.41. The van der Waals surface area contributed by atoms with Gasteiger partial charge in [0.05, 0.1) is 7.11 Å².